The monoisotopic (exact) mass is 238 g/mol. The fraction of sp³-hybridized carbons (Fsp3) is 0.667. The number of anilines is 1. The molecular formula is C12H22N4O. The Kier molecular flexibility index (Phi) is 4.54. The zero-order valence-electron chi connectivity index (χ0n) is 11.1. The maximum Gasteiger partial charge on any atom is 0.276 e. The highest BCUT2D eigenvalue weighted by Gasteiger charge is 2.22. The molecule has 0 aliphatic rings. The summed E-state index contributed by atoms with van der Waals surface area (Å²) in [4.78, 5) is 13.9. The van der Waals surface area contributed by atoms with E-state index in [4.69, 9.17) is 5.73 Å². The van der Waals surface area contributed by atoms with Crippen molar-refractivity contribution in [3.8, 4) is 0 Å². The Labute approximate surface area is 102 Å². The van der Waals surface area contributed by atoms with Gasteiger partial charge in [0, 0.05) is 13.1 Å². The summed E-state index contributed by atoms with van der Waals surface area (Å²) in [6.45, 7) is 9.45. The molecule has 0 aliphatic carbocycles. The highest BCUT2D eigenvalue weighted by Crippen LogP contribution is 2.23. The van der Waals surface area contributed by atoms with Crippen molar-refractivity contribution in [3.05, 3.63) is 11.4 Å². The predicted octanol–water partition coefficient (Wildman–Crippen LogP) is 1.99. The van der Waals surface area contributed by atoms with E-state index in [1.165, 1.54) is 0 Å². The first kappa shape index (κ1) is 13.5. The van der Waals surface area contributed by atoms with Gasteiger partial charge in [0.25, 0.3) is 5.91 Å². The van der Waals surface area contributed by atoms with Crippen molar-refractivity contribution in [2.24, 2.45) is 0 Å². The second-order valence-electron chi connectivity index (χ2n) is 4.44. The second kappa shape index (κ2) is 5.70. The molecule has 0 aromatic carbocycles. The normalized spacial score (nSPS) is 10.9. The van der Waals surface area contributed by atoms with Crippen LogP contribution in [-0.4, -0.2) is 34.1 Å². The number of amides is 1. The second-order valence-corrected chi connectivity index (χ2v) is 4.44. The molecule has 3 N–H and O–H groups in total. The smallest absolute Gasteiger partial charge is 0.276 e. The molecule has 0 saturated carbocycles. The third kappa shape index (κ3) is 2.78. The SMILES string of the molecule is CCCN(CC)C(=O)c1n[nH]c(C(C)C)c1N. The molecule has 0 radical (unpaired) electrons. The Morgan fingerprint density at radius 1 is 1.47 bits per heavy atom. The number of H-pyrrole nitrogens is 1. The summed E-state index contributed by atoms with van der Waals surface area (Å²) in [5.41, 5.74) is 7.62. The fourth-order valence-corrected chi connectivity index (χ4v) is 1.79. The number of aromatic amines is 1. The number of rotatable bonds is 5. The van der Waals surface area contributed by atoms with E-state index < -0.39 is 0 Å². The predicted molar refractivity (Wildman–Crippen MR) is 69.0 cm³/mol. The third-order valence-electron chi connectivity index (χ3n) is 2.78. The molecule has 17 heavy (non-hydrogen) atoms. The van der Waals surface area contributed by atoms with Gasteiger partial charge < -0.3 is 10.6 Å². The number of nitrogens with one attached hydrogen (secondary N) is 1. The van der Waals surface area contributed by atoms with E-state index in [9.17, 15) is 4.79 Å². The molecule has 0 unspecified atom stereocenters. The highest BCUT2D eigenvalue weighted by atomic mass is 16.2. The average Bonchev–Trinajstić information content (AvgIpc) is 2.67. The van der Waals surface area contributed by atoms with Crippen LogP contribution in [0.1, 0.15) is 56.2 Å². The van der Waals surface area contributed by atoms with E-state index in [0.29, 0.717) is 17.9 Å². The molecule has 1 aromatic rings. The van der Waals surface area contributed by atoms with Gasteiger partial charge in [-0.3, -0.25) is 9.89 Å². The molecule has 5 heteroatoms. The maximum absolute atomic E-state index is 12.2. The number of carbonyl (C=O) groups is 1. The summed E-state index contributed by atoms with van der Waals surface area (Å²) < 4.78 is 0. The molecule has 0 aliphatic heterocycles. The van der Waals surface area contributed by atoms with Gasteiger partial charge in [-0.1, -0.05) is 20.8 Å². The molecule has 0 fully saturated rings. The lowest BCUT2D eigenvalue weighted by Crippen LogP contribution is -2.32. The van der Waals surface area contributed by atoms with Crippen LogP contribution in [0.15, 0.2) is 0 Å². The molecule has 0 bridgehead atoms. The van der Waals surface area contributed by atoms with Crippen molar-refractivity contribution in [1.82, 2.24) is 15.1 Å². The van der Waals surface area contributed by atoms with Crippen molar-refractivity contribution in [2.45, 2.75) is 40.0 Å². The Morgan fingerprint density at radius 2 is 2.12 bits per heavy atom. The number of nitrogens with two attached hydrogens (primary N) is 1. The van der Waals surface area contributed by atoms with Gasteiger partial charge in [0.2, 0.25) is 0 Å². The van der Waals surface area contributed by atoms with Crippen LogP contribution in [0.4, 0.5) is 5.69 Å². The molecule has 0 spiro atoms. The lowest BCUT2D eigenvalue weighted by atomic mass is 10.1. The van der Waals surface area contributed by atoms with Gasteiger partial charge in [0.1, 0.15) is 0 Å². The molecule has 1 amide bonds. The van der Waals surface area contributed by atoms with Crippen molar-refractivity contribution in [1.29, 1.82) is 0 Å². The van der Waals surface area contributed by atoms with Crippen LogP contribution >= 0.6 is 0 Å². The van der Waals surface area contributed by atoms with E-state index in [0.717, 1.165) is 18.7 Å². The molecule has 1 aromatic heterocycles. The minimum absolute atomic E-state index is 0.0880. The summed E-state index contributed by atoms with van der Waals surface area (Å²) in [6, 6.07) is 0. The lowest BCUT2D eigenvalue weighted by molar-refractivity contribution is 0.0759. The zero-order chi connectivity index (χ0) is 13.0. The minimum atomic E-state index is -0.0880. The molecular weight excluding hydrogens is 216 g/mol. The Morgan fingerprint density at radius 3 is 2.53 bits per heavy atom. The average molecular weight is 238 g/mol. The number of nitrogens with zero attached hydrogens (tertiary/aromatic N) is 2. The number of hydrogen-bond donors (Lipinski definition) is 2. The number of aromatic nitrogens is 2. The van der Waals surface area contributed by atoms with E-state index in [1.54, 1.807) is 4.90 Å². The summed E-state index contributed by atoms with van der Waals surface area (Å²) in [7, 11) is 0. The largest absolute Gasteiger partial charge is 0.395 e. The summed E-state index contributed by atoms with van der Waals surface area (Å²) in [5.74, 6) is 0.153. The van der Waals surface area contributed by atoms with Crippen molar-refractivity contribution in [3.63, 3.8) is 0 Å². The molecule has 1 heterocycles. The molecule has 0 atom stereocenters. The van der Waals surface area contributed by atoms with Gasteiger partial charge in [-0.05, 0) is 19.3 Å². The van der Waals surface area contributed by atoms with Gasteiger partial charge in [-0.2, -0.15) is 5.10 Å². The summed E-state index contributed by atoms with van der Waals surface area (Å²) in [5, 5.41) is 6.90. The quantitative estimate of drug-likeness (QED) is 0.823. The van der Waals surface area contributed by atoms with Crippen LogP contribution in [0.3, 0.4) is 0 Å². The van der Waals surface area contributed by atoms with Gasteiger partial charge in [0.15, 0.2) is 5.69 Å². The number of nitrogen functional groups attached to an aromatic ring is 1. The van der Waals surface area contributed by atoms with Gasteiger partial charge >= 0.3 is 0 Å². The molecule has 0 saturated heterocycles. The van der Waals surface area contributed by atoms with Gasteiger partial charge in [0.05, 0.1) is 11.4 Å². The summed E-state index contributed by atoms with van der Waals surface area (Å²) in [6.07, 6.45) is 0.931. The van der Waals surface area contributed by atoms with Gasteiger partial charge in [-0.25, -0.2) is 0 Å². The van der Waals surface area contributed by atoms with E-state index in [-0.39, 0.29) is 11.8 Å². The number of carbonyl (C=O) groups excluding carboxylic acids is 1. The Balaban J connectivity index is 2.96. The first-order chi connectivity index (χ1) is 8.02. The van der Waals surface area contributed by atoms with E-state index in [1.807, 2.05) is 27.7 Å². The van der Waals surface area contributed by atoms with Crippen LogP contribution in [0.5, 0.6) is 0 Å². The minimum Gasteiger partial charge on any atom is -0.395 e. The van der Waals surface area contributed by atoms with Crippen LogP contribution in [-0.2, 0) is 0 Å². The van der Waals surface area contributed by atoms with Gasteiger partial charge in [-0.15, -0.1) is 0 Å². The fourth-order valence-electron chi connectivity index (χ4n) is 1.79. The molecule has 5 nitrogen and oxygen atoms in total. The Hall–Kier alpha value is -1.52. The third-order valence-corrected chi connectivity index (χ3v) is 2.78. The molecule has 1 rings (SSSR count). The standard InChI is InChI=1S/C12H22N4O/c1-5-7-16(6-2)12(17)11-9(13)10(8(3)4)14-15-11/h8H,5-7,13H2,1-4H3,(H,14,15). The number of hydrogen-bond acceptors (Lipinski definition) is 3. The first-order valence-electron chi connectivity index (χ1n) is 6.15. The first-order valence-corrected chi connectivity index (χ1v) is 6.15. The topological polar surface area (TPSA) is 75.0 Å². The maximum atomic E-state index is 12.2. The zero-order valence-corrected chi connectivity index (χ0v) is 11.1. The van der Waals surface area contributed by atoms with Crippen molar-refractivity contribution in [2.75, 3.05) is 18.8 Å². The summed E-state index contributed by atoms with van der Waals surface area (Å²) >= 11 is 0. The van der Waals surface area contributed by atoms with Crippen molar-refractivity contribution >= 4 is 11.6 Å². The van der Waals surface area contributed by atoms with E-state index >= 15 is 0 Å². The highest BCUT2D eigenvalue weighted by molar-refractivity contribution is 5.97. The Bertz CT molecular complexity index is 384. The lowest BCUT2D eigenvalue weighted by Gasteiger charge is -2.19. The van der Waals surface area contributed by atoms with Crippen LogP contribution in [0.2, 0.25) is 0 Å². The van der Waals surface area contributed by atoms with Crippen LogP contribution in [0, 0.1) is 0 Å². The molecule has 96 valence electrons. The van der Waals surface area contributed by atoms with Crippen LogP contribution in [0.25, 0.3) is 0 Å². The van der Waals surface area contributed by atoms with Crippen LogP contribution < -0.4 is 5.73 Å². The van der Waals surface area contributed by atoms with E-state index in [2.05, 4.69) is 10.2 Å². The van der Waals surface area contributed by atoms with Crippen molar-refractivity contribution < 1.29 is 4.79 Å².